The SMILES string of the molecule is CC1(C)CC(NC(=O)c2cc(Br)ccc2N)CCO1. The van der Waals surface area contributed by atoms with Gasteiger partial charge in [-0.05, 0) is 44.9 Å². The largest absolute Gasteiger partial charge is 0.398 e. The van der Waals surface area contributed by atoms with Gasteiger partial charge in [-0.3, -0.25) is 4.79 Å². The van der Waals surface area contributed by atoms with Crippen LogP contribution in [0.5, 0.6) is 0 Å². The summed E-state index contributed by atoms with van der Waals surface area (Å²) in [6, 6.07) is 5.43. The van der Waals surface area contributed by atoms with Crippen LogP contribution in [0.2, 0.25) is 0 Å². The highest BCUT2D eigenvalue weighted by Crippen LogP contribution is 2.25. The highest BCUT2D eigenvalue weighted by molar-refractivity contribution is 9.10. The van der Waals surface area contributed by atoms with Gasteiger partial charge in [-0.15, -0.1) is 0 Å². The Morgan fingerprint density at radius 1 is 1.53 bits per heavy atom. The number of nitrogens with one attached hydrogen (secondary N) is 1. The molecule has 1 aliphatic heterocycles. The Balaban J connectivity index is 2.06. The second-order valence-corrected chi connectivity index (χ2v) is 6.42. The van der Waals surface area contributed by atoms with Crippen molar-refractivity contribution in [2.75, 3.05) is 12.3 Å². The summed E-state index contributed by atoms with van der Waals surface area (Å²) in [5.74, 6) is -0.124. The van der Waals surface area contributed by atoms with E-state index in [9.17, 15) is 4.79 Å². The first-order valence-electron chi connectivity index (χ1n) is 6.37. The molecular weight excluding hydrogens is 308 g/mol. The lowest BCUT2D eigenvalue weighted by molar-refractivity contribution is -0.0615. The molecule has 1 aromatic carbocycles. The molecule has 104 valence electrons. The molecule has 0 radical (unpaired) electrons. The number of benzene rings is 1. The molecule has 5 heteroatoms. The van der Waals surface area contributed by atoms with E-state index in [1.54, 1.807) is 12.1 Å². The van der Waals surface area contributed by atoms with E-state index in [0.717, 1.165) is 17.3 Å². The van der Waals surface area contributed by atoms with Crippen LogP contribution in [0.3, 0.4) is 0 Å². The normalized spacial score (nSPS) is 21.9. The molecule has 1 unspecified atom stereocenters. The number of hydrogen-bond acceptors (Lipinski definition) is 3. The Morgan fingerprint density at radius 2 is 2.26 bits per heavy atom. The molecule has 0 saturated carbocycles. The average molecular weight is 327 g/mol. The molecule has 2 rings (SSSR count). The zero-order valence-electron chi connectivity index (χ0n) is 11.2. The van der Waals surface area contributed by atoms with Gasteiger partial charge in [-0.1, -0.05) is 15.9 Å². The van der Waals surface area contributed by atoms with Crippen molar-refractivity contribution in [2.45, 2.75) is 38.3 Å². The smallest absolute Gasteiger partial charge is 0.253 e. The monoisotopic (exact) mass is 326 g/mol. The van der Waals surface area contributed by atoms with Crippen molar-refractivity contribution in [3.63, 3.8) is 0 Å². The Labute approximate surface area is 121 Å². The molecule has 1 aromatic rings. The van der Waals surface area contributed by atoms with Crippen LogP contribution in [0.1, 0.15) is 37.0 Å². The summed E-state index contributed by atoms with van der Waals surface area (Å²) >= 11 is 3.35. The van der Waals surface area contributed by atoms with Crippen LogP contribution in [0.4, 0.5) is 5.69 Å². The van der Waals surface area contributed by atoms with Crippen molar-refractivity contribution in [2.24, 2.45) is 0 Å². The highest BCUT2D eigenvalue weighted by Gasteiger charge is 2.30. The number of carbonyl (C=O) groups is 1. The summed E-state index contributed by atoms with van der Waals surface area (Å²) in [6.45, 7) is 4.75. The first-order chi connectivity index (χ1) is 8.87. The molecule has 1 heterocycles. The summed E-state index contributed by atoms with van der Waals surface area (Å²) in [7, 11) is 0. The van der Waals surface area contributed by atoms with Gasteiger partial charge in [0.15, 0.2) is 0 Å². The number of hydrogen-bond donors (Lipinski definition) is 2. The van der Waals surface area contributed by atoms with E-state index in [0.29, 0.717) is 17.9 Å². The van der Waals surface area contributed by atoms with Crippen molar-refractivity contribution >= 4 is 27.5 Å². The van der Waals surface area contributed by atoms with Crippen LogP contribution in [0.15, 0.2) is 22.7 Å². The lowest BCUT2D eigenvalue weighted by Crippen LogP contribution is -2.45. The maximum absolute atomic E-state index is 12.2. The maximum atomic E-state index is 12.2. The van der Waals surface area contributed by atoms with Crippen LogP contribution in [0.25, 0.3) is 0 Å². The number of nitrogens with two attached hydrogens (primary N) is 1. The summed E-state index contributed by atoms with van der Waals surface area (Å²) < 4.78 is 6.49. The molecule has 3 N–H and O–H groups in total. The van der Waals surface area contributed by atoms with Gasteiger partial charge < -0.3 is 15.8 Å². The molecular formula is C14H19BrN2O2. The Kier molecular flexibility index (Phi) is 4.16. The third-order valence-electron chi connectivity index (χ3n) is 3.29. The molecule has 19 heavy (non-hydrogen) atoms. The Morgan fingerprint density at radius 3 is 2.95 bits per heavy atom. The zero-order chi connectivity index (χ0) is 14.0. The molecule has 1 saturated heterocycles. The predicted octanol–water partition coefficient (Wildman–Crippen LogP) is 2.72. The van der Waals surface area contributed by atoms with Gasteiger partial charge in [-0.25, -0.2) is 0 Å². The molecule has 1 fully saturated rings. The van der Waals surface area contributed by atoms with Gasteiger partial charge in [-0.2, -0.15) is 0 Å². The first kappa shape index (κ1) is 14.3. The van der Waals surface area contributed by atoms with E-state index >= 15 is 0 Å². The van der Waals surface area contributed by atoms with Crippen LogP contribution < -0.4 is 11.1 Å². The van der Waals surface area contributed by atoms with Crippen molar-refractivity contribution in [1.29, 1.82) is 0 Å². The molecule has 4 nitrogen and oxygen atoms in total. The number of anilines is 1. The van der Waals surface area contributed by atoms with Gasteiger partial charge in [0.25, 0.3) is 5.91 Å². The standard InChI is InChI=1S/C14H19BrN2O2/c1-14(2)8-10(5-6-19-14)17-13(18)11-7-9(15)3-4-12(11)16/h3-4,7,10H,5-6,8,16H2,1-2H3,(H,17,18). The fourth-order valence-corrected chi connectivity index (χ4v) is 2.70. The quantitative estimate of drug-likeness (QED) is 0.821. The highest BCUT2D eigenvalue weighted by atomic mass is 79.9. The van der Waals surface area contributed by atoms with Crippen LogP contribution in [-0.4, -0.2) is 24.2 Å². The summed E-state index contributed by atoms with van der Waals surface area (Å²) in [5, 5.41) is 3.04. The van der Waals surface area contributed by atoms with E-state index in [1.165, 1.54) is 0 Å². The second kappa shape index (κ2) is 5.51. The molecule has 1 atom stereocenters. The third kappa shape index (κ3) is 3.70. The minimum Gasteiger partial charge on any atom is -0.398 e. The van der Waals surface area contributed by atoms with E-state index in [1.807, 2.05) is 19.9 Å². The average Bonchev–Trinajstić information content (AvgIpc) is 2.31. The number of nitrogen functional groups attached to an aromatic ring is 1. The van der Waals surface area contributed by atoms with E-state index in [4.69, 9.17) is 10.5 Å². The van der Waals surface area contributed by atoms with E-state index in [2.05, 4.69) is 21.2 Å². The first-order valence-corrected chi connectivity index (χ1v) is 7.16. The fraction of sp³-hybridized carbons (Fsp3) is 0.500. The van der Waals surface area contributed by atoms with Crippen LogP contribution >= 0.6 is 15.9 Å². The van der Waals surface area contributed by atoms with Gasteiger partial charge in [0, 0.05) is 22.8 Å². The van der Waals surface area contributed by atoms with Crippen LogP contribution in [0, 0.1) is 0 Å². The van der Waals surface area contributed by atoms with Gasteiger partial charge in [0.2, 0.25) is 0 Å². The maximum Gasteiger partial charge on any atom is 0.253 e. The topological polar surface area (TPSA) is 64.4 Å². The summed E-state index contributed by atoms with van der Waals surface area (Å²) in [5.41, 5.74) is 6.67. The Hall–Kier alpha value is -1.07. The van der Waals surface area contributed by atoms with Gasteiger partial charge in [0.05, 0.1) is 11.2 Å². The molecule has 1 amide bonds. The van der Waals surface area contributed by atoms with Crippen molar-refractivity contribution in [3.05, 3.63) is 28.2 Å². The molecule has 0 aliphatic carbocycles. The van der Waals surface area contributed by atoms with Crippen molar-refractivity contribution < 1.29 is 9.53 Å². The summed E-state index contributed by atoms with van der Waals surface area (Å²) in [6.07, 6.45) is 1.65. The number of amides is 1. The Bertz CT molecular complexity index is 488. The van der Waals surface area contributed by atoms with Crippen molar-refractivity contribution in [1.82, 2.24) is 5.32 Å². The van der Waals surface area contributed by atoms with Crippen molar-refractivity contribution in [3.8, 4) is 0 Å². The number of carbonyl (C=O) groups excluding carboxylic acids is 1. The number of rotatable bonds is 2. The number of halogens is 1. The van der Waals surface area contributed by atoms with Gasteiger partial charge >= 0.3 is 0 Å². The third-order valence-corrected chi connectivity index (χ3v) is 3.79. The molecule has 0 aromatic heterocycles. The lowest BCUT2D eigenvalue weighted by Gasteiger charge is -2.35. The summed E-state index contributed by atoms with van der Waals surface area (Å²) in [4.78, 5) is 12.2. The van der Waals surface area contributed by atoms with Gasteiger partial charge in [0.1, 0.15) is 0 Å². The molecule has 1 aliphatic rings. The zero-order valence-corrected chi connectivity index (χ0v) is 12.8. The van der Waals surface area contributed by atoms with Crippen LogP contribution in [-0.2, 0) is 4.74 Å². The van der Waals surface area contributed by atoms with E-state index in [-0.39, 0.29) is 17.6 Å². The number of ether oxygens (including phenoxy) is 1. The lowest BCUT2D eigenvalue weighted by atomic mass is 9.93. The molecule has 0 spiro atoms. The molecule has 0 bridgehead atoms. The second-order valence-electron chi connectivity index (χ2n) is 5.50. The van der Waals surface area contributed by atoms with E-state index < -0.39 is 0 Å². The predicted molar refractivity (Wildman–Crippen MR) is 79.1 cm³/mol. The fourth-order valence-electron chi connectivity index (χ4n) is 2.34. The minimum absolute atomic E-state index is 0.124. The minimum atomic E-state index is -0.182.